The van der Waals surface area contributed by atoms with Crippen molar-refractivity contribution < 1.29 is 14.6 Å². The monoisotopic (exact) mass is 332 g/mol. The number of nitrogens with zero attached hydrogens (tertiary/aromatic N) is 1. The van der Waals surface area contributed by atoms with Gasteiger partial charge in [-0.1, -0.05) is 24.3 Å². The number of ether oxygens (including phenoxy) is 1. The van der Waals surface area contributed by atoms with E-state index in [1.807, 2.05) is 31.2 Å². The molecule has 1 aliphatic heterocycles. The van der Waals surface area contributed by atoms with Crippen LogP contribution in [0.15, 0.2) is 30.5 Å². The van der Waals surface area contributed by atoms with Crippen LogP contribution in [-0.4, -0.2) is 29.1 Å². The van der Waals surface area contributed by atoms with Crippen LogP contribution in [-0.2, 0) is 4.74 Å². The predicted octanol–water partition coefficient (Wildman–Crippen LogP) is 2.77. The molecule has 0 bridgehead atoms. The van der Waals surface area contributed by atoms with E-state index in [0.29, 0.717) is 4.88 Å². The van der Waals surface area contributed by atoms with E-state index in [2.05, 4.69) is 10.3 Å². The largest absolute Gasteiger partial charge is 0.387 e. The van der Waals surface area contributed by atoms with E-state index >= 15 is 0 Å². The van der Waals surface area contributed by atoms with E-state index < -0.39 is 6.10 Å². The fraction of sp³-hybridized carbons (Fsp3) is 0.412. The molecule has 2 N–H and O–H groups in total. The Morgan fingerprint density at radius 3 is 3.09 bits per heavy atom. The van der Waals surface area contributed by atoms with Gasteiger partial charge in [0.25, 0.3) is 5.91 Å². The van der Waals surface area contributed by atoms with Crippen LogP contribution in [0.4, 0.5) is 0 Å². The molecule has 0 spiro atoms. The molecule has 0 aliphatic carbocycles. The maximum Gasteiger partial charge on any atom is 0.263 e. The van der Waals surface area contributed by atoms with E-state index in [-0.39, 0.29) is 18.6 Å². The molecule has 1 aliphatic rings. The molecule has 6 heteroatoms. The van der Waals surface area contributed by atoms with Gasteiger partial charge in [-0.15, -0.1) is 11.3 Å². The van der Waals surface area contributed by atoms with Gasteiger partial charge in [-0.3, -0.25) is 4.79 Å². The lowest BCUT2D eigenvalue weighted by molar-refractivity contribution is 0.0919. The van der Waals surface area contributed by atoms with Crippen LogP contribution in [0.5, 0.6) is 0 Å². The molecule has 3 rings (SSSR count). The average molecular weight is 332 g/mol. The van der Waals surface area contributed by atoms with Crippen molar-refractivity contribution in [3.8, 4) is 0 Å². The van der Waals surface area contributed by atoms with Gasteiger partial charge >= 0.3 is 0 Å². The molecular formula is C17H20N2O3S. The minimum atomic E-state index is -0.717. The van der Waals surface area contributed by atoms with Crippen LogP contribution in [0.3, 0.4) is 0 Å². The van der Waals surface area contributed by atoms with Crippen LogP contribution in [0.2, 0.25) is 0 Å². The van der Waals surface area contributed by atoms with E-state index in [1.54, 1.807) is 6.20 Å². The van der Waals surface area contributed by atoms with E-state index in [4.69, 9.17) is 4.74 Å². The van der Waals surface area contributed by atoms with E-state index in [9.17, 15) is 9.90 Å². The molecule has 1 amide bonds. The second-order valence-electron chi connectivity index (χ2n) is 5.65. The van der Waals surface area contributed by atoms with Crippen molar-refractivity contribution in [1.82, 2.24) is 10.3 Å². The smallest absolute Gasteiger partial charge is 0.263 e. The molecule has 2 aromatic rings. The third kappa shape index (κ3) is 3.77. The maximum absolute atomic E-state index is 12.2. The van der Waals surface area contributed by atoms with Gasteiger partial charge in [0.05, 0.1) is 12.3 Å². The summed E-state index contributed by atoms with van der Waals surface area (Å²) in [4.78, 5) is 17.0. The van der Waals surface area contributed by atoms with Gasteiger partial charge in [-0.2, -0.15) is 0 Å². The predicted molar refractivity (Wildman–Crippen MR) is 88.5 cm³/mol. The number of amides is 1. The second-order valence-corrected chi connectivity index (χ2v) is 6.71. The number of nitrogens with one attached hydrogen (secondary N) is 1. The van der Waals surface area contributed by atoms with Crippen molar-refractivity contribution in [3.63, 3.8) is 0 Å². The lowest BCUT2D eigenvalue weighted by Crippen LogP contribution is -2.28. The summed E-state index contributed by atoms with van der Waals surface area (Å²) in [5, 5.41) is 13.9. The van der Waals surface area contributed by atoms with E-state index in [0.717, 1.165) is 35.6 Å². The van der Waals surface area contributed by atoms with Crippen LogP contribution in [0.25, 0.3) is 0 Å². The molecule has 1 saturated heterocycles. The third-order valence-corrected chi connectivity index (χ3v) is 5.04. The van der Waals surface area contributed by atoms with Crippen LogP contribution >= 0.6 is 11.3 Å². The molecular weight excluding hydrogens is 312 g/mol. The SMILES string of the molecule is Cc1ccccc1C(O)CNC(=O)c1cnc(C2CCCO2)s1. The Balaban J connectivity index is 1.58. The average Bonchev–Trinajstić information content (AvgIpc) is 3.23. The minimum absolute atomic E-state index is 0.0270. The first-order valence-electron chi connectivity index (χ1n) is 7.74. The molecule has 2 atom stereocenters. The van der Waals surface area contributed by atoms with Gasteiger partial charge in [-0.05, 0) is 30.9 Å². The van der Waals surface area contributed by atoms with Crippen LogP contribution in [0.1, 0.15) is 50.9 Å². The second kappa shape index (κ2) is 7.21. The summed E-state index contributed by atoms with van der Waals surface area (Å²) >= 11 is 1.36. The first-order chi connectivity index (χ1) is 11.1. The van der Waals surface area contributed by atoms with E-state index in [1.165, 1.54) is 11.3 Å². The number of hydrogen-bond acceptors (Lipinski definition) is 5. The molecule has 0 radical (unpaired) electrons. The minimum Gasteiger partial charge on any atom is -0.387 e. The highest BCUT2D eigenvalue weighted by molar-refractivity contribution is 7.13. The summed E-state index contributed by atoms with van der Waals surface area (Å²) in [6.45, 7) is 2.88. The summed E-state index contributed by atoms with van der Waals surface area (Å²) in [5.74, 6) is -0.209. The zero-order chi connectivity index (χ0) is 16.2. The molecule has 122 valence electrons. The molecule has 2 unspecified atom stereocenters. The number of hydrogen-bond donors (Lipinski definition) is 2. The number of rotatable bonds is 5. The van der Waals surface area contributed by atoms with Gasteiger partial charge < -0.3 is 15.2 Å². The van der Waals surface area contributed by atoms with Crippen LogP contribution < -0.4 is 5.32 Å². The topological polar surface area (TPSA) is 71.5 Å². The number of benzene rings is 1. The number of carbonyl (C=O) groups excluding carboxylic acids is 1. The number of aryl methyl sites for hydroxylation is 1. The Hall–Kier alpha value is -1.76. The summed E-state index contributed by atoms with van der Waals surface area (Å²) in [5.41, 5.74) is 1.84. The maximum atomic E-state index is 12.2. The quantitative estimate of drug-likeness (QED) is 0.883. The number of aliphatic hydroxyl groups excluding tert-OH is 1. The normalized spacial score (nSPS) is 18.8. The van der Waals surface area contributed by atoms with Crippen molar-refractivity contribution in [2.45, 2.75) is 32.0 Å². The summed E-state index contributed by atoms with van der Waals surface area (Å²) in [6, 6.07) is 7.62. The van der Waals surface area contributed by atoms with Crippen LogP contribution in [0, 0.1) is 6.92 Å². The standard InChI is InChI=1S/C17H20N2O3S/c1-11-5-2-3-6-12(11)13(20)9-18-16(21)15-10-19-17(23-15)14-7-4-8-22-14/h2-3,5-6,10,13-14,20H,4,7-9H2,1H3,(H,18,21). The first-order valence-corrected chi connectivity index (χ1v) is 8.56. The number of thiazole rings is 1. The fourth-order valence-electron chi connectivity index (χ4n) is 2.66. The zero-order valence-corrected chi connectivity index (χ0v) is 13.8. The molecule has 1 aromatic heterocycles. The van der Waals surface area contributed by atoms with Crippen molar-refractivity contribution in [1.29, 1.82) is 0 Å². The Morgan fingerprint density at radius 2 is 2.35 bits per heavy atom. The van der Waals surface area contributed by atoms with Crippen molar-refractivity contribution >= 4 is 17.2 Å². The third-order valence-electron chi connectivity index (χ3n) is 3.96. The lowest BCUT2D eigenvalue weighted by Gasteiger charge is -2.14. The summed E-state index contributed by atoms with van der Waals surface area (Å²) in [7, 11) is 0. The molecule has 0 saturated carbocycles. The van der Waals surface area contributed by atoms with Crippen molar-refractivity contribution in [3.05, 3.63) is 51.5 Å². The number of aromatic nitrogens is 1. The van der Waals surface area contributed by atoms with Crippen molar-refractivity contribution in [2.24, 2.45) is 0 Å². The van der Waals surface area contributed by atoms with Gasteiger partial charge in [0.2, 0.25) is 0 Å². The van der Waals surface area contributed by atoms with Gasteiger partial charge in [0.1, 0.15) is 16.0 Å². The Morgan fingerprint density at radius 1 is 1.52 bits per heavy atom. The van der Waals surface area contributed by atoms with Gasteiger partial charge in [-0.25, -0.2) is 4.98 Å². The Labute approximate surface area is 139 Å². The zero-order valence-electron chi connectivity index (χ0n) is 13.0. The van der Waals surface area contributed by atoms with Gasteiger partial charge in [0.15, 0.2) is 0 Å². The number of carbonyl (C=O) groups is 1. The highest BCUT2D eigenvalue weighted by Crippen LogP contribution is 2.31. The molecule has 1 fully saturated rings. The highest BCUT2D eigenvalue weighted by Gasteiger charge is 2.22. The molecule has 1 aromatic carbocycles. The van der Waals surface area contributed by atoms with Gasteiger partial charge in [0, 0.05) is 13.2 Å². The molecule has 5 nitrogen and oxygen atoms in total. The Bertz CT molecular complexity index is 680. The fourth-order valence-corrected chi connectivity index (χ4v) is 3.58. The Kier molecular flexibility index (Phi) is 5.05. The molecule has 23 heavy (non-hydrogen) atoms. The van der Waals surface area contributed by atoms with Crippen molar-refractivity contribution in [2.75, 3.05) is 13.2 Å². The number of aliphatic hydroxyl groups is 1. The summed E-state index contributed by atoms with van der Waals surface area (Å²) in [6.07, 6.45) is 2.89. The highest BCUT2D eigenvalue weighted by atomic mass is 32.1. The molecule has 2 heterocycles. The lowest BCUT2D eigenvalue weighted by atomic mass is 10.0. The first kappa shape index (κ1) is 16.1. The summed E-state index contributed by atoms with van der Waals surface area (Å²) < 4.78 is 5.58.